The number of aromatic nitrogens is 3. The van der Waals surface area contributed by atoms with Gasteiger partial charge in [0.05, 0.1) is 23.4 Å². The number of pyridine rings is 1. The number of esters is 1. The second kappa shape index (κ2) is 6.39. The molecule has 1 amide bonds. The Balaban J connectivity index is 2.16. The van der Waals surface area contributed by atoms with Gasteiger partial charge in [-0.25, -0.2) is 14.5 Å². The van der Waals surface area contributed by atoms with Crippen molar-refractivity contribution in [2.24, 2.45) is 5.73 Å². The van der Waals surface area contributed by atoms with E-state index in [1.807, 2.05) is 13.8 Å². The predicted octanol–water partition coefficient (Wildman–Crippen LogP) is 2.30. The van der Waals surface area contributed by atoms with Crippen LogP contribution in [0.3, 0.4) is 0 Å². The third-order valence-corrected chi connectivity index (χ3v) is 3.73. The van der Waals surface area contributed by atoms with E-state index in [0.717, 1.165) is 0 Å². The van der Waals surface area contributed by atoms with E-state index in [9.17, 15) is 9.59 Å². The lowest BCUT2D eigenvalue weighted by Crippen LogP contribution is -2.30. The highest BCUT2D eigenvalue weighted by Gasteiger charge is 2.23. The fraction of sp³-hybridized carbons (Fsp3) is 0.294. The van der Waals surface area contributed by atoms with Crippen molar-refractivity contribution in [2.75, 3.05) is 0 Å². The van der Waals surface area contributed by atoms with Crippen LogP contribution in [-0.2, 0) is 9.53 Å². The van der Waals surface area contributed by atoms with Gasteiger partial charge in [-0.15, -0.1) is 0 Å². The molecule has 8 nitrogen and oxygen atoms in total. The fourth-order valence-electron chi connectivity index (χ4n) is 2.40. The molecule has 0 saturated heterocycles. The Morgan fingerprint density at radius 2 is 2.08 bits per heavy atom. The number of ether oxygens (including phenoxy) is 1. The largest absolute Gasteiger partial charge is 0.463 e. The van der Waals surface area contributed by atoms with Crippen molar-refractivity contribution in [2.45, 2.75) is 32.9 Å². The molecule has 0 aliphatic carbocycles. The molecular formula is C17H18N4O4. The highest BCUT2D eigenvalue weighted by atomic mass is 16.5. The van der Waals surface area contributed by atoms with Gasteiger partial charge in [-0.2, -0.15) is 5.10 Å². The average molecular weight is 342 g/mol. The molecule has 0 radical (unpaired) electrons. The van der Waals surface area contributed by atoms with Crippen molar-refractivity contribution in [3.05, 3.63) is 36.2 Å². The predicted molar refractivity (Wildman–Crippen MR) is 89.7 cm³/mol. The van der Waals surface area contributed by atoms with Crippen LogP contribution < -0.4 is 5.73 Å². The van der Waals surface area contributed by atoms with Gasteiger partial charge in [0, 0.05) is 6.04 Å². The van der Waals surface area contributed by atoms with Crippen LogP contribution in [0.25, 0.3) is 22.5 Å². The summed E-state index contributed by atoms with van der Waals surface area (Å²) in [7, 11) is 0. The van der Waals surface area contributed by atoms with Crippen LogP contribution in [0.5, 0.6) is 0 Å². The summed E-state index contributed by atoms with van der Waals surface area (Å²) in [6.07, 6.45) is 2.04. The number of carbonyl (C=O) groups excluding carboxylic acids is 2. The first-order valence-electron chi connectivity index (χ1n) is 7.81. The lowest BCUT2D eigenvalue weighted by atomic mass is 10.1. The summed E-state index contributed by atoms with van der Waals surface area (Å²) in [6, 6.07) is 5.08. The third kappa shape index (κ3) is 3.10. The number of hydrogen-bond acceptors (Lipinski definition) is 6. The molecule has 0 saturated carbocycles. The molecule has 3 rings (SSSR count). The minimum Gasteiger partial charge on any atom is -0.463 e. The molecule has 3 aromatic rings. The van der Waals surface area contributed by atoms with Crippen LogP contribution in [0, 0.1) is 0 Å². The molecule has 3 aromatic heterocycles. The van der Waals surface area contributed by atoms with Crippen molar-refractivity contribution in [1.29, 1.82) is 0 Å². The van der Waals surface area contributed by atoms with Crippen LogP contribution in [0.1, 0.15) is 37.2 Å². The average Bonchev–Trinajstić information content (AvgIpc) is 3.22. The summed E-state index contributed by atoms with van der Waals surface area (Å²) in [5.41, 5.74) is 6.41. The van der Waals surface area contributed by atoms with E-state index in [1.54, 1.807) is 29.1 Å². The Kier molecular flexibility index (Phi) is 4.26. The van der Waals surface area contributed by atoms with Crippen LogP contribution >= 0.6 is 0 Å². The van der Waals surface area contributed by atoms with Gasteiger partial charge in [0.25, 0.3) is 5.91 Å². The first-order chi connectivity index (χ1) is 11.9. The molecule has 1 atom stereocenters. The van der Waals surface area contributed by atoms with Gasteiger partial charge in [-0.05, 0) is 39.0 Å². The van der Waals surface area contributed by atoms with Crippen molar-refractivity contribution >= 4 is 22.9 Å². The van der Waals surface area contributed by atoms with E-state index >= 15 is 0 Å². The summed E-state index contributed by atoms with van der Waals surface area (Å²) < 4.78 is 12.2. The minimum absolute atomic E-state index is 0.0465. The summed E-state index contributed by atoms with van der Waals surface area (Å²) in [5.74, 6) is -0.881. The monoisotopic (exact) mass is 342 g/mol. The van der Waals surface area contributed by atoms with E-state index in [-0.39, 0.29) is 11.6 Å². The molecule has 0 aliphatic rings. The highest BCUT2D eigenvalue weighted by Crippen LogP contribution is 2.27. The zero-order valence-electron chi connectivity index (χ0n) is 14.1. The van der Waals surface area contributed by atoms with Crippen LogP contribution in [-0.4, -0.2) is 32.7 Å². The number of hydrogen-bond donors (Lipinski definition) is 1. The number of fused-ring (bicyclic) bond motifs is 1. The summed E-state index contributed by atoms with van der Waals surface area (Å²) in [5, 5.41) is 4.83. The maximum absolute atomic E-state index is 12.5. The molecule has 25 heavy (non-hydrogen) atoms. The number of primary amides is 1. The van der Waals surface area contributed by atoms with Crippen LogP contribution in [0.2, 0.25) is 0 Å². The molecule has 0 fully saturated rings. The highest BCUT2D eigenvalue weighted by molar-refractivity contribution is 6.04. The Morgan fingerprint density at radius 3 is 2.68 bits per heavy atom. The Morgan fingerprint density at radius 1 is 1.32 bits per heavy atom. The standard InChI is InChI=1S/C17H18N4O4/c1-9(2)21-16-12(8-19-21)11(17(23)25-10(3)15(18)22)7-13(20-16)14-5-4-6-24-14/h4-10H,1-3H3,(H2,18,22). The molecule has 0 bridgehead atoms. The van der Waals surface area contributed by atoms with Gasteiger partial charge in [0.15, 0.2) is 17.5 Å². The summed E-state index contributed by atoms with van der Waals surface area (Å²) in [6.45, 7) is 5.34. The lowest BCUT2D eigenvalue weighted by Gasteiger charge is -2.12. The number of nitrogens with zero attached hydrogens (tertiary/aromatic N) is 3. The zero-order valence-corrected chi connectivity index (χ0v) is 14.1. The molecule has 0 aromatic carbocycles. The first-order valence-corrected chi connectivity index (χ1v) is 7.81. The molecule has 3 heterocycles. The smallest absolute Gasteiger partial charge is 0.339 e. The van der Waals surface area contributed by atoms with Crippen LogP contribution in [0.15, 0.2) is 35.1 Å². The van der Waals surface area contributed by atoms with E-state index in [2.05, 4.69) is 10.1 Å². The van der Waals surface area contributed by atoms with E-state index in [4.69, 9.17) is 14.9 Å². The van der Waals surface area contributed by atoms with Crippen molar-refractivity contribution in [3.8, 4) is 11.5 Å². The molecule has 2 N–H and O–H groups in total. The minimum atomic E-state index is -1.04. The molecule has 8 heteroatoms. The maximum atomic E-state index is 12.5. The normalized spacial score (nSPS) is 12.5. The van der Waals surface area contributed by atoms with Gasteiger partial charge < -0.3 is 14.9 Å². The van der Waals surface area contributed by atoms with E-state index in [1.165, 1.54) is 13.2 Å². The van der Waals surface area contributed by atoms with Gasteiger partial charge >= 0.3 is 5.97 Å². The van der Waals surface area contributed by atoms with E-state index < -0.39 is 18.0 Å². The molecule has 1 unspecified atom stereocenters. The quantitative estimate of drug-likeness (QED) is 0.712. The Hall–Kier alpha value is -3.16. The number of rotatable bonds is 5. The molecular weight excluding hydrogens is 324 g/mol. The second-order valence-electron chi connectivity index (χ2n) is 5.90. The van der Waals surface area contributed by atoms with E-state index in [0.29, 0.717) is 22.5 Å². The zero-order chi connectivity index (χ0) is 18.1. The number of carbonyl (C=O) groups is 2. The third-order valence-electron chi connectivity index (χ3n) is 3.73. The Bertz CT molecular complexity index is 928. The maximum Gasteiger partial charge on any atom is 0.339 e. The van der Waals surface area contributed by atoms with Gasteiger partial charge in [0.1, 0.15) is 5.69 Å². The van der Waals surface area contributed by atoms with Crippen molar-refractivity contribution in [3.63, 3.8) is 0 Å². The second-order valence-corrected chi connectivity index (χ2v) is 5.90. The SMILES string of the molecule is CC(OC(=O)c1cc(-c2ccco2)nc2c1cnn2C(C)C)C(N)=O. The van der Waals surface area contributed by atoms with Crippen molar-refractivity contribution in [1.82, 2.24) is 14.8 Å². The van der Waals surface area contributed by atoms with Crippen LogP contribution in [0.4, 0.5) is 0 Å². The number of amides is 1. The number of furan rings is 1. The van der Waals surface area contributed by atoms with Crippen molar-refractivity contribution < 1.29 is 18.7 Å². The van der Waals surface area contributed by atoms with Gasteiger partial charge in [-0.3, -0.25) is 4.79 Å². The molecule has 0 aliphatic heterocycles. The lowest BCUT2D eigenvalue weighted by molar-refractivity contribution is -0.125. The van der Waals surface area contributed by atoms with Gasteiger partial charge in [-0.1, -0.05) is 0 Å². The fourth-order valence-corrected chi connectivity index (χ4v) is 2.40. The topological polar surface area (TPSA) is 113 Å². The van der Waals surface area contributed by atoms with Gasteiger partial charge in [0.2, 0.25) is 0 Å². The molecule has 0 spiro atoms. The Labute approximate surface area is 143 Å². The number of nitrogens with two attached hydrogens (primary N) is 1. The molecule has 130 valence electrons. The summed E-state index contributed by atoms with van der Waals surface area (Å²) >= 11 is 0. The summed E-state index contributed by atoms with van der Waals surface area (Å²) in [4.78, 5) is 28.3. The first kappa shape index (κ1) is 16.7.